The number of rotatable bonds is 4. The second kappa shape index (κ2) is 7.72. The molecule has 0 aliphatic carbocycles. The van der Waals surface area contributed by atoms with Crippen molar-refractivity contribution >= 4 is 38.5 Å². The molecule has 4 rings (SSSR count). The molecule has 1 heterocycles. The van der Waals surface area contributed by atoms with Crippen LogP contribution in [0.5, 0.6) is 0 Å². The normalized spacial score (nSPS) is 19.6. The molecule has 1 aliphatic rings. The van der Waals surface area contributed by atoms with Gasteiger partial charge in [-0.1, -0.05) is 54.6 Å². The van der Waals surface area contributed by atoms with Crippen LogP contribution in [0.25, 0.3) is 21.9 Å². The molecule has 7 heteroatoms. The van der Waals surface area contributed by atoms with Crippen molar-refractivity contribution in [1.82, 2.24) is 4.31 Å². The van der Waals surface area contributed by atoms with E-state index in [2.05, 4.69) is 0 Å². The third-order valence-electron chi connectivity index (χ3n) is 5.53. The molecule has 0 aromatic heterocycles. The number of benzene rings is 3. The van der Waals surface area contributed by atoms with Gasteiger partial charge in [-0.15, -0.1) is 0 Å². The molecule has 0 saturated carbocycles. The number of hydrogen-bond donors (Lipinski definition) is 1. The average molecular weight is 442 g/mol. The maximum atomic E-state index is 13.3. The fraction of sp³-hybridized carbons (Fsp3) is 0.261. The quantitative estimate of drug-likeness (QED) is 0.646. The maximum Gasteiger partial charge on any atom is 0.323 e. The lowest BCUT2D eigenvalue weighted by molar-refractivity contribution is -0.142. The second-order valence-corrected chi connectivity index (χ2v) is 11.5. The highest BCUT2D eigenvalue weighted by Gasteiger charge is 2.48. The number of fused-ring (bicyclic) bond motifs is 1. The number of carboxylic acids is 1. The summed E-state index contributed by atoms with van der Waals surface area (Å²) in [5.74, 6) is -0.562. The van der Waals surface area contributed by atoms with Gasteiger partial charge < -0.3 is 5.11 Å². The Morgan fingerprint density at radius 1 is 1.03 bits per heavy atom. The van der Waals surface area contributed by atoms with Crippen molar-refractivity contribution in [1.29, 1.82) is 0 Å². The van der Waals surface area contributed by atoms with E-state index in [0.717, 1.165) is 26.2 Å². The highest BCUT2D eigenvalue weighted by molar-refractivity contribution is 8.00. The zero-order valence-corrected chi connectivity index (χ0v) is 18.4. The van der Waals surface area contributed by atoms with Crippen molar-refractivity contribution in [2.75, 3.05) is 12.3 Å². The predicted octanol–water partition coefficient (Wildman–Crippen LogP) is 4.48. The first-order valence-corrected chi connectivity index (χ1v) is 12.1. The van der Waals surface area contributed by atoms with Crippen LogP contribution in [0.2, 0.25) is 0 Å². The first-order valence-electron chi connectivity index (χ1n) is 9.69. The summed E-state index contributed by atoms with van der Waals surface area (Å²) in [6.45, 7) is 3.74. The molecule has 30 heavy (non-hydrogen) atoms. The Labute approximate surface area is 180 Å². The van der Waals surface area contributed by atoms with Crippen LogP contribution < -0.4 is 0 Å². The van der Waals surface area contributed by atoms with Gasteiger partial charge in [0.05, 0.1) is 4.90 Å². The molecule has 0 radical (unpaired) electrons. The second-order valence-electron chi connectivity index (χ2n) is 7.86. The standard InChI is InChI=1S/C23H23NO4S2/c1-23(2)21(22(25)26)24(14-15-29-23)30(27,28)18-12-10-17(11-13-18)20-9-5-7-16-6-3-4-8-19(16)20/h3-13,21H,14-15H2,1-2H3,(H,25,26)/t21-/m0/s1. The summed E-state index contributed by atoms with van der Waals surface area (Å²) < 4.78 is 27.0. The number of thioether (sulfide) groups is 1. The van der Waals surface area contributed by atoms with Crippen LogP contribution in [0, 0.1) is 0 Å². The molecule has 3 aromatic carbocycles. The molecule has 5 nitrogen and oxygen atoms in total. The van der Waals surface area contributed by atoms with Crippen LogP contribution in [0.1, 0.15) is 13.8 Å². The molecule has 0 bridgehead atoms. The number of carboxylic acid groups (broad SMARTS) is 1. The fourth-order valence-electron chi connectivity index (χ4n) is 4.05. The number of carbonyl (C=O) groups is 1. The van der Waals surface area contributed by atoms with Crippen LogP contribution in [-0.2, 0) is 14.8 Å². The van der Waals surface area contributed by atoms with Crippen molar-refractivity contribution in [3.8, 4) is 11.1 Å². The first-order chi connectivity index (χ1) is 14.2. The minimum absolute atomic E-state index is 0.112. The van der Waals surface area contributed by atoms with E-state index < -0.39 is 26.8 Å². The van der Waals surface area contributed by atoms with Crippen molar-refractivity contribution in [3.63, 3.8) is 0 Å². The number of aliphatic carboxylic acids is 1. The number of hydrogen-bond acceptors (Lipinski definition) is 4. The third-order valence-corrected chi connectivity index (χ3v) is 8.76. The van der Waals surface area contributed by atoms with Gasteiger partial charge in [0.1, 0.15) is 6.04 Å². The van der Waals surface area contributed by atoms with E-state index in [1.165, 1.54) is 11.8 Å². The van der Waals surface area contributed by atoms with Gasteiger partial charge in [0.15, 0.2) is 0 Å². The highest BCUT2D eigenvalue weighted by Crippen LogP contribution is 2.38. The van der Waals surface area contributed by atoms with Crippen molar-refractivity contribution < 1.29 is 18.3 Å². The van der Waals surface area contributed by atoms with Crippen LogP contribution in [0.15, 0.2) is 71.6 Å². The minimum atomic E-state index is -3.93. The van der Waals surface area contributed by atoms with Gasteiger partial charge in [-0.3, -0.25) is 4.79 Å². The van der Waals surface area contributed by atoms with E-state index in [4.69, 9.17) is 0 Å². The summed E-state index contributed by atoms with van der Waals surface area (Å²) in [4.78, 5) is 12.0. The largest absolute Gasteiger partial charge is 0.480 e. The van der Waals surface area contributed by atoms with Crippen LogP contribution in [0.4, 0.5) is 0 Å². The molecular weight excluding hydrogens is 418 g/mol. The average Bonchev–Trinajstić information content (AvgIpc) is 2.72. The van der Waals surface area contributed by atoms with E-state index in [9.17, 15) is 18.3 Å². The lowest BCUT2D eigenvalue weighted by atomic mass is 9.98. The Hall–Kier alpha value is -2.35. The summed E-state index contributed by atoms with van der Waals surface area (Å²) in [7, 11) is -3.93. The lowest BCUT2D eigenvalue weighted by Crippen LogP contribution is -2.58. The molecular formula is C23H23NO4S2. The Morgan fingerprint density at radius 2 is 1.70 bits per heavy atom. The summed E-state index contributed by atoms with van der Waals surface area (Å²) in [5.41, 5.74) is 1.94. The molecule has 156 valence electrons. The van der Waals surface area contributed by atoms with Crippen LogP contribution in [0.3, 0.4) is 0 Å². The van der Waals surface area contributed by atoms with Crippen LogP contribution >= 0.6 is 11.8 Å². The third kappa shape index (κ3) is 3.62. The maximum absolute atomic E-state index is 13.3. The summed E-state index contributed by atoms with van der Waals surface area (Å²) in [5, 5.41) is 11.9. The predicted molar refractivity (Wildman–Crippen MR) is 121 cm³/mol. The van der Waals surface area contributed by atoms with Gasteiger partial charge in [-0.2, -0.15) is 16.1 Å². The molecule has 1 atom stereocenters. The molecule has 3 aromatic rings. The van der Waals surface area contributed by atoms with E-state index >= 15 is 0 Å². The zero-order valence-electron chi connectivity index (χ0n) is 16.8. The fourth-order valence-corrected chi connectivity index (χ4v) is 7.15. The smallest absolute Gasteiger partial charge is 0.323 e. The van der Waals surface area contributed by atoms with E-state index in [-0.39, 0.29) is 11.4 Å². The van der Waals surface area contributed by atoms with Gasteiger partial charge in [-0.25, -0.2) is 8.42 Å². The SMILES string of the molecule is CC1(C)SCCN(S(=O)(=O)c2ccc(-c3cccc4ccccc34)cc2)[C@H]1C(=O)O. The Kier molecular flexibility index (Phi) is 5.38. The Balaban J connectivity index is 1.72. The van der Waals surface area contributed by atoms with E-state index in [1.807, 2.05) is 42.5 Å². The number of sulfonamides is 1. The lowest BCUT2D eigenvalue weighted by Gasteiger charge is -2.42. The summed E-state index contributed by atoms with van der Waals surface area (Å²) in [6, 6.07) is 19.7. The topological polar surface area (TPSA) is 74.7 Å². The highest BCUT2D eigenvalue weighted by atomic mass is 32.2. The summed E-state index contributed by atoms with van der Waals surface area (Å²) in [6.07, 6.45) is 0. The van der Waals surface area contributed by atoms with Gasteiger partial charge >= 0.3 is 5.97 Å². The van der Waals surface area contributed by atoms with Gasteiger partial charge in [0.2, 0.25) is 10.0 Å². The molecule has 1 N–H and O–H groups in total. The van der Waals surface area contributed by atoms with Crippen LogP contribution in [-0.4, -0.2) is 46.9 Å². The van der Waals surface area contributed by atoms with Gasteiger partial charge in [-0.05, 0) is 47.9 Å². The Bertz CT molecular complexity index is 1200. The first kappa shape index (κ1) is 20.9. The minimum Gasteiger partial charge on any atom is -0.480 e. The van der Waals surface area contributed by atoms with E-state index in [0.29, 0.717) is 5.75 Å². The van der Waals surface area contributed by atoms with Crippen molar-refractivity contribution in [2.45, 2.75) is 29.5 Å². The molecule has 1 saturated heterocycles. The van der Waals surface area contributed by atoms with E-state index in [1.54, 1.807) is 38.1 Å². The van der Waals surface area contributed by atoms with Crippen molar-refractivity contribution in [2.24, 2.45) is 0 Å². The Morgan fingerprint density at radius 3 is 2.40 bits per heavy atom. The van der Waals surface area contributed by atoms with Crippen molar-refractivity contribution in [3.05, 3.63) is 66.7 Å². The molecule has 0 spiro atoms. The summed E-state index contributed by atoms with van der Waals surface area (Å²) >= 11 is 1.49. The molecule has 1 fully saturated rings. The molecule has 0 amide bonds. The monoisotopic (exact) mass is 441 g/mol. The zero-order chi connectivity index (χ0) is 21.5. The van der Waals surface area contributed by atoms with Gasteiger partial charge in [0, 0.05) is 17.0 Å². The molecule has 1 aliphatic heterocycles. The van der Waals surface area contributed by atoms with Gasteiger partial charge in [0.25, 0.3) is 0 Å². The number of nitrogens with zero attached hydrogens (tertiary/aromatic N) is 1. The molecule has 0 unspecified atom stereocenters.